The van der Waals surface area contributed by atoms with E-state index in [0.717, 1.165) is 17.2 Å². The predicted molar refractivity (Wildman–Crippen MR) is 206 cm³/mol. The fraction of sp³-hybridized carbons (Fsp3) is 0.0714. The minimum Gasteiger partial charge on any atom is -0.497 e. The highest BCUT2D eigenvalue weighted by molar-refractivity contribution is 6.21. The fourth-order valence-corrected chi connectivity index (χ4v) is 6.43. The summed E-state index contributed by atoms with van der Waals surface area (Å²) in [5.74, 6) is 1.74. The van der Waals surface area contributed by atoms with Crippen LogP contribution >= 0.6 is 0 Å². The zero-order chi connectivity index (χ0) is 33.9. The Kier molecular flexibility index (Phi) is 8.48. The van der Waals surface area contributed by atoms with Crippen molar-refractivity contribution in [3.05, 3.63) is 145 Å². The first-order valence-corrected chi connectivity index (χ1v) is 16.0. The van der Waals surface area contributed by atoms with Crippen LogP contribution < -0.4 is 20.5 Å². The second-order valence-corrected chi connectivity index (χ2v) is 11.6. The number of hydrogen-bond donors (Lipinski definition) is 4. The molecule has 0 aliphatic carbocycles. The monoisotopic (exact) mass is 643 g/mol. The molecule has 0 saturated carbocycles. The Balaban J connectivity index is 0.000000149. The number of nitrogens with zero attached hydrogens (tertiary/aromatic N) is 1. The van der Waals surface area contributed by atoms with E-state index in [1.165, 1.54) is 59.9 Å². The highest BCUT2D eigenvalue weighted by Gasteiger charge is 2.15. The van der Waals surface area contributed by atoms with E-state index in [4.69, 9.17) is 20.6 Å². The van der Waals surface area contributed by atoms with Gasteiger partial charge in [0, 0.05) is 50.7 Å². The number of rotatable bonds is 4. The Hall–Kier alpha value is -6.47. The summed E-state index contributed by atoms with van der Waals surface area (Å²) in [4.78, 5) is 3.66. The van der Waals surface area contributed by atoms with E-state index in [2.05, 4.69) is 106 Å². The van der Waals surface area contributed by atoms with Crippen molar-refractivity contribution in [1.82, 2.24) is 9.38 Å². The molecule has 0 fully saturated rings. The standard InChI is InChI=1S/C26H16N2.C8H10N2O.C8H11NO/c1-2-10-19-16(7-1)18-9-4-6-12-23(18)28-24-14-13-20-17-8-3-5-11-22(17)27-26(20)21(24)15-25(19)28;1-11-7-4-2-6(3-5-7)8(9)10;1-9-7-3-5-8(10-2)6-4-7/h1-15,27H;2-5H,1H3,(H3,9,10);3-6,9H,1-2H3. The lowest BCUT2D eigenvalue weighted by Crippen LogP contribution is -2.10. The normalized spacial score (nSPS) is 10.9. The van der Waals surface area contributed by atoms with Gasteiger partial charge in [-0.1, -0.05) is 66.7 Å². The molecular weight excluding hydrogens is 606 g/mol. The van der Waals surface area contributed by atoms with Crippen LogP contribution in [0.3, 0.4) is 0 Å². The van der Waals surface area contributed by atoms with E-state index in [1.807, 2.05) is 31.3 Å². The molecule has 0 atom stereocenters. The molecule has 5 N–H and O–H groups in total. The second-order valence-electron chi connectivity index (χ2n) is 11.6. The summed E-state index contributed by atoms with van der Waals surface area (Å²) in [6.45, 7) is 0. The van der Waals surface area contributed by atoms with Gasteiger partial charge in [-0.25, -0.2) is 0 Å². The molecule has 7 nitrogen and oxygen atoms in total. The third-order valence-corrected chi connectivity index (χ3v) is 8.88. The fourth-order valence-electron chi connectivity index (χ4n) is 6.43. The zero-order valence-corrected chi connectivity index (χ0v) is 27.6. The van der Waals surface area contributed by atoms with E-state index >= 15 is 0 Å². The number of anilines is 1. The van der Waals surface area contributed by atoms with Gasteiger partial charge in [0.15, 0.2) is 0 Å². The summed E-state index contributed by atoms with van der Waals surface area (Å²) < 4.78 is 12.3. The van der Waals surface area contributed by atoms with Crippen molar-refractivity contribution in [2.24, 2.45) is 5.73 Å². The molecule has 242 valence electrons. The van der Waals surface area contributed by atoms with E-state index in [1.54, 1.807) is 38.5 Å². The van der Waals surface area contributed by atoms with Crippen LogP contribution in [0.25, 0.3) is 59.9 Å². The molecule has 0 aliphatic heterocycles. The molecule has 9 aromatic rings. The van der Waals surface area contributed by atoms with Crippen molar-refractivity contribution in [2.75, 3.05) is 26.6 Å². The van der Waals surface area contributed by atoms with Crippen molar-refractivity contribution in [3.63, 3.8) is 0 Å². The SMILES string of the molecule is CNc1ccc(OC)cc1.COc1ccc(C(=N)N)cc1.c1ccc2c(c1)[nH]c1c2ccc2c1cc1c3ccccc3c3ccccc3n12. The minimum atomic E-state index is 0.0765. The maximum absolute atomic E-state index is 7.10. The summed E-state index contributed by atoms with van der Waals surface area (Å²) in [5, 5.41) is 17.9. The van der Waals surface area contributed by atoms with Gasteiger partial charge >= 0.3 is 0 Å². The molecule has 0 radical (unpaired) electrons. The molecular formula is C42H37N5O2. The number of para-hydroxylation sites is 2. The number of pyridine rings is 1. The lowest BCUT2D eigenvalue weighted by Gasteiger charge is -2.09. The van der Waals surface area contributed by atoms with Crippen LogP contribution in [0, 0.1) is 5.41 Å². The lowest BCUT2D eigenvalue weighted by atomic mass is 10.1. The van der Waals surface area contributed by atoms with Crippen molar-refractivity contribution in [2.45, 2.75) is 0 Å². The van der Waals surface area contributed by atoms with Gasteiger partial charge < -0.3 is 29.9 Å². The van der Waals surface area contributed by atoms with Crippen LogP contribution in [0.15, 0.2) is 140 Å². The third-order valence-electron chi connectivity index (χ3n) is 8.88. The van der Waals surface area contributed by atoms with E-state index in [9.17, 15) is 0 Å². The largest absolute Gasteiger partial charge is 0.497 e. The van der Waals surface area contributed by atoms with Crippen LogP contribution in [0.5, 0.6) is 11.5 Å². The van der Waals surface area contributed by atoms with Crippen LogP contribution in [-0.2, 0) is 0 Å². The summed E-state index contributed by atoms with van der Waals surface area (Å²) in [6, 6.07) is 47.7. The average Bonchev–Trinajstić information content (AvgIpc) is 3.75. The first-order valence-electron chi connectivity index (χ1n) is 16.0. The molecule has 0 unspecified atom stereocenters. The number of aromatic nitrogens is 2. The third kappa shape index (κ3) is 5.83. The molecule has 0 amide bonds. The molecule has 0 aliphatic rings. The first kappa shape index (κ1) is 31.1. The molecule has 49 heavy (non-hydrogen) atoms. The van der Waals surface area contributed by atoms with Crippen molar-refractivity contribution >= 4 is 71.4 Å². The quantitative estimate of drug-likeness (QED) is 0.0871. The number of aromatic amines is 1. The Morgan fingerprint density at radius 2 is 1.14 bits per heavy atom. The number of amidine groups is 1. The maximum atomic E-state index is 7.10. The number of fused-ring (bicyclic) bond motifs is 12. The molecule has 3 aromatic heterocycles. The summed E-state index contributed by atoms with van der Waals surface area (Å²) in [7, 11) is 5.15. The first-order chi connectivity index (χ1) is 24.0. The molecule has 9 rings (SSSR count). The van der Waals surface area contributed by atoms with Gasteiger partial charge in [-0.2, -0.15) is 0 Å². The molecule has 6 aromatic carbocycles. The van der Waals surface area contributed by atoms with Crippen molar-refractivity contribution < 1.29 is 9.47 Å². The van der Waals surface area contributed by atoms with E-state index in [-0.39, 0.29) is 5.84 Å². The smallest absolute Gasteiger partial charge is 0.122 e. The number of ether oxygens (including phenoxy) is 2. The Bertz CT molecular complexity index is 2560. The van der Waals surface area contributed by atoms with Gasteiger partial charge in [0.1, 0.15) is 17.3 Å². The van der Waals surface area contributed by atoms with E-state index in [0.29, 0.717) is 5.56 Å². The highest BCUT2D eigenvalue weighted by atomic mass is 16.5. The number of H-pyrrole nitrogens is 1. The van der Waals surface area contributed by atoms with Gasteiger partial charge in [0.25, 0.3) is 0 Å². The number of nitrogens with two attached hydrogens (primary N) is 1. The summed E-state index contributed by atoms with van der Waals surface area (Å²) >= 11 is 0. The summed E-state index contributed by atoms with van der Waals surface area (Å²) in [6.07, 6.45) is 0. The van der Waals surface area contributed by atoms with Crippen LogP contribution in [0.4, 0.5) is 5.69 Å². The number of methoxy groups -OCH3 is 2. The number of nitrogen functional groups attached to an aromatic ring is 1. The minimum absolute atomic E-state index is 0.0765. The second kappa shape index (κ2) is 13.3. The number of benzene rings is 6. The van der Waals surface area contributed by atoms with E-state index < -0.39 is 0 Å². The van der Waals surface area contributed by atoms with Crippen LogP contribution in [0.1, 0.15) is 5.56 Å². The topological polar surface area (TPSA) is 101 Å². The molecule has 3 heterocycles. The zero-order valence-electron chi connectivity index (χ0n) is 27.6. The average molecular weight is 644 g/mol. The van der Waals surface area contributed by atoms with Crippen LogP contribution in [-0.4, -0.2) is 36.5 Å². The van der Waals surface area contributed by atoms with Gasteiger partial charge in [0.2, 0.25) is 0 Å². The number of nitrogens with one attached hydrogen (secondary N) is 3. The van der Waals surface area contributed by atoms with Crippen molar-refractivity contribution in [3.8, 4) is 11.5 Å². The van der Waals surface area contributed by atoms with Gasteiger partial charge in [-0.05, 0) is 78.2 Å². The molecule has 7 heteroatoms. The summed E-state index contributed by atoms with van der Waals surface area (Å²) in [5.41, 5.74) is 13.2. The number of hydrogen-bond acceptors (Lipinski definition) is 4. The van der Waals surface area contributed by atoms with Crippen molar-refractivity contribution in [1.29, 1.82) is 5.41 Å². The predicted octanol–water partition coefficient (Wildman–Crippen LogP) is 9.75. The Morgan fingerprint density at radius 3 is 1.78 bits per heavy atom. The molecule has 0 spiro atoms. The molecule has 0 bridgehead atoms. The lowest BCUT2D eigenvalue weighted by molar-refractivity contribution is 0.414. The van der Waals surface area contributed by atoms with Gasteiger partial charge in [-0.15, -0.1) is 0 Å². The Morgan fingerprint density at radius 1 is 0.592 bits per heavy atom. The van der Waals surface area contributed by atoms with Gasteiger partial charge in [-0.3, -0.25) is 5.41 Å². The maximum Gasteiger partial charge on any atom is 0.122 e. The highest BCUT2D eigenvalue weighted by Crippen LogP contribution is 2.38. The Labute approximate surface area is 284 Å². The molecule has 0 saturated heterocycles. The van der Waals surface area contributed by atoms with Gasteiger partial charge in [0.05, 0.1) is 36.3 Å². The van der Waals surface area contributed by atoms with Crippen LogP contribution in [0.2, 0.25) is 0 Å².